The predicted octanol–water partition coefficient (Wildman–Crippen LogP) is 7.10. The Morgan fingerprint density at radius 3 is 1.90 bits per heavy atom. The molecule has 0 unspecified atom stereocenters. The molecule has 4 nitrogen and oxygen atoms in total. The summed E-state index contributed by atoms with van der Waals surface area (Å²) in [6.07, 6.45) is 9.85. The topological polar surface area (TPSA) is 48.2 Å². The van der Waals surface area contributed by atoms with Gasteiger partial charge in [-0.3, -0.25) is 0 Å². The first-order chi connectivity index (χ1) is 14.3. The summed E-state index contributed by atoms with van der Waals surface area (Å²) in [6.45, 7) is 5.15. The maximum atomic E-state index is 5.90. The van der Waals surface area contributed by atoms with E-state index in [1.807, 2.05) is 24.3 Å². The molecule has 0 atom stereocenters. The summed E-state index contributed by atoms with van der Waals surface area (Å²) in [5, 5.41) is 8.43. The van der Waals surface area contributed by atoms with Gasteiger partial charge in [-0.1, -0.05) is 58.1 Å². The average molecular weight is 393 g/mol. The largest absolute Gasteiger partial charge is 0.494 e. The standard InChI is InChI=1S/C25H32N2O2/c1-3-5-7-8-9-10-20-11-13-21(14-12-20)24-26-27-25(29-24)22-15-17-23(18-16-22)28-19-6-4-2/h11-18H,3-10,19H2,1-2H3. The number of benzene rings is 2. The van der Waals surface area contributed by atoms with Crippen LogP contribution < -0.4 is 4.74 Å². The van der Waals surface area contributed by atoms with E-state index in [1.165, 1.54) is 37.7 Å². The first-order valence-corrected chi connectivity index (χ1v) is 11.0. The van der Waals surface area contributed by atoms with Crippen LogP contribution in [0.1, 0.15) is 64.4 Å². The van der Waals surface area contributed by atoms with Gasteiger partial charge < -0.3 is 9.15 Å². The van der Waals surface area contributed by atoms with E-state index in [1.54, 1.807) is 0 Å². The van der Waals surface area contributed by atoms with Crippen LogP contribution in [0.25, 0.3) is 22.9 Å². The van der Waals surface area contributed by atoms with Crippen LogP contribution in [-0.4, -0.2) is 16.8 Å². The number of nitrogens with zero attached hydrogens (tertiary/aromatic N) is 2. The van der Waals surface area contributed by atoms with E-state index in [0.717, 1.165) is 42.7 Å². The fourth-order valence-corrected chi connectivity index (χ4v) is 3.23. The van der Waals surface area contributed by atoms with Gasteiger partial charge in [0.15, 0.2) is 0 Å². The second-order valence-corrected chi connectivity index (χ2v) is 7.50. The molecule has 0 aliphatic carbocycles. The Hall–Kier alpha value is -2.62. The van der Waals surface area contributed by atoms with E-state index in [-0.39, 0.29) is 0 Å². The molecule has 1 heterocycles. The number of hydrogen-bond acceptors (Lipinski definition) is 4. The summed E-state index contributed by atoms with van der Waals surface area (Å²) in [7, 11) is 0. The fourth-order valence-electron chi connectivity index (χ4n) is 3.23. The number of hydrogen-bond donors (Lipinski definition) is 0. The molecule has 0 fully saturated rings. The van der Waals surface area contributed by atoms with Gasteiger partial charge in [-0.25, -0.2) is 0 Å². The number of unbranched alkanes of at least 4 members (excludes halogenated alkanes) is 5. The van der Waals surface area contributed by atoms with Crippen molar-refractivity contribution in [1.82, 2.24) is 10.2 Å². The highest BCUT2D eigenvalue weighted by Crippen LogP contribution is 2.26. The Bertz CT molecular complexity index is 838. The summed E-state index contributed by atoms with van der Waals surface area (Å²) >= 11 is 0. The third-order valence-corrected chi connectivity index (χ3v) is 5.06. The molecule has 3 aromatic rings. The molecular weight excluding hydrogens is 360 g/mol. The third kappa shape index (κ3) is 6.45. The average Bonchev–Trinajstić information content (AvgIpc) is 3.25. The molecule has 0 N–H and O–H groups in total. The van der Waals surface area contributed by atoms with Crippen LogP contribution in [0.2, 0.25) is 0 Å². The van der Waals surface area contributed by atoms with Gasteiger partial charge in [0.2, 0.25) is 11.8 Å². The molecule has 0 radical (unpaired) electrons. The first-order valence-electron chi connectivity index (χ1n) is 11.0. The maximum absolute atomic E-state index is 5.90. The maximum Gasteiger partial charge on any atom is 0.248 e. The zero-order chi connectivity index (χ0) is 20.3. The molecule has 1 aromatic heterocycles. The van der Waals surface area contributed by atoms with Crippen LogP contribution in [0, 0.1) is 0 Å². The van der Waals surface area contributed by atoms with Crippen LogP contribution in [0.4, 0.5) is 0 Å². The number of aryl methyl sites for hydroxylation is 1. The van der Waals surface area contributed by atoms with Gasteiger partial charge in [-0.15, -0.1) is 10.2 Å². The molecule has 0 amide bonds. The van der Waals surface area contributed by atoms with E-state index in [9.17, 15) is 0 Å². The third-order valence-electron chi connectivity index (χ3n) is 5.06. The van der Waals surface area contributed by atoms with Gasteiger partial charge in [0.1, 0.15) is 5.75 Å². The van der Waals surface area contributed by atoms with Gasteiger partial charge in [-0.05, 0) is 61.2 Å². The van der Waals surface area contributed by atoms with Crippen molar-refractivity contribution in [3.63, 3.8) is 0 Å². The quantitative estimate of drug-likeness (QED) is 0.309. The van der Waals surface area contributed by atoms with Crippen molar-refractivity contribution in [3.05, 3.63) is 54.1 Å². The lowest BCUT2D eigenvalue weighted by Crippen LogP contribution is -1.95. The van der Waals surface area contributed by atoms with Crippen molar-refractivity contribution >= 4 is 0 Å². The number of rotatable bonds is 12. The van der Waals surface area contributed by atoms with Crippen LogP contribution in [0.3, 0.4) is 0 Å². The summed E-state index contributed by atoms with van der Waals surface area (Å²) in [5.41, 5.74) is 3.22. The molecule has 4 heteroatoms. The smallest absolute Gasteiger partial charge is 0.248 e. The summed E-state index contributed by atoms with van der Waals surface area (Å²) < 4.78 is 11.6. The molecular formula is C25H32N2O2. The highest BCUT2D eigenvalue weighted by atomic mass is 16.5. The lowest BCUT2D eigenvalue weighted by Gasteiger charge is -2.05. The molecule has 3 rings (SSSR count). The van der Waals surface area contributed by atoms with Crippen molar-refractivity contribution in [3.8, 4) is 28.7 Å². The normalized spacial score (nSPS) is 11.0. The Morgan fingerprint density at radius 2 is 1.28 bits per heavy atom. The first kappa shape index (κ1) is 21.1. The highest BCUT2D eigenvalue weighted by molar-refractivity contribution is 5.58. The van der Waals surface area contributed by atoms with E-state index >= 15 is 0 Å². The zero-order valence-corrected chi connectivity index (χ0v) is 17.7. The molecule has 0 aliphatic heterocycles. The van der Waals surface area contributed by atoms with Crippen LogP contribution in [0.5, 0.6) is 5.75 Å². The fraction of sp³-hybridized carbons (Fsp3) is 0.440. The monoisotopic (exact) mass is 392 g/mol. The van der Waals surface area contributed by atoms with Crippen molar-refractivity contribution in [2.24, 2.45) is 0 Å². The molecule has 0 spiro atoms. The molecule has 29 heavy (non-hydrogen) atoms. The lowest BCUT2D eigenvalue weighted by atomic mass is 10.0. The van der Waals surface area contributed by atoms with E-state index < -0.39 is 0 Å². The second-order valence-electron chi connectivity index (χ2n) is 7.50. The minimum atomic E-state index is 0.528. The summed E-state index contributed by atoms with van der Waals surface area (Å²) in [5.74, 6) is 1.95. The van der Waals surface area contributed by atoms with E-state index in [0.29, 0.717) is 11.8 Å². The minimum absolute atomic E-state index is 0.528. The van der Waals surface area contributed by atoms with Crippen molar-refractivity contribution in [1.29, 1.82) is 0 Å². The highest BCUT2D eigenvalue weighted by Gasteiger charge is 2.10. The SMILES string of the molecule is CCCCCCCc1ccc(-c2nnc(-c3ccc(OCCCC)cc3)o2)cc1. The van der Waals surface area contributed by atoms with Gasteiger partial charge in [0.25, 0.3) is 0 Å². The number of aromatic nitrogens is 2. The van der Waals surface area contributed by atoms with Crippen LogP contribution >= 0.6 is 0 Å². The Labute approximate surface area is 174 Å². The molecule has 0 bridgehead atoms. The van der Waals surface area contributed by atoms with Gasteiger partial charge in [-0.2, -0.15) is 0 Å². The van der Waals surface area contributed by atoms with Crippen LogP contribution in [-0.2, 0) is 6.42 Å². The molecule has 0 saturated carbocycles. The Morgan fingerprint density at radius 1 is 0.690 bits per heavy atom. The predicted molar refractivity (Wildman–Crippen MR) is 118 cm³/mol. The molecule has 0 aliphatic rings. The summed E-state index contributed by atoms with van der Waals surface area (Å²) in [4.78, 5) is 0. The van der Waals surface area contributed by atoms with E-state index in [4.69, 9.17) is 9.15 Å². The van der Waals surface area contributed by atoms with E-state index in [2.05, 4.69) is 48.3 Å². The molecule has 154 valence electrons. The lowest BCUT2D eigenvalue weighted by molar-refractivity contribution is 0.309. The Kier molecular flexibility index (Phi) is 8.29. The van der Waals surface area contributed by atoms with Crippen molar-refractivity contribution in [2.75, 3.05) is 6.61 Å². The minimum Gasteiger partial charge on any atom is -0.494 e. The number of ether oxygens (including phenoxy) is 1. The second kappa shape index (κ2) is 11.4. The molecule has 2 aromatic carbocycles. The van der Waals surface area contributed by atoms with Gasteiger partial charge in [0.05, 0.1) is 6.61 Å². The van der Waals surface area contributed by atoms with Crippen molar-refractivity contribution < 1.29 is 9.15 Å². The van der Waals surface area contributed by atoms with Gasteiger partial charge in [0, 0.05) is 11.1 Å². The summed E-state index contributed by atoms with van der Waals surface area (Å²) in [6, 6.07) is 16.3. The zero-order valence-electron chi connectivity index (χ0n) is 17.7. The van der Waals surface area contributed by atoms with Crippen molar-refractivity contribution in [2.45, 2.75) is 65.2 Å². The van der Waals surface area contributed by atoms with Crippen LogP contribution in [0.15, 0.2) is 52.9 Å². The molecule has 0 saturated heterocycles. The van der Waals surface area contributed by atoms with Gasteiger partial charge >= 0.3 is 0 Å². The Balaban J connectivity index is 1.56.